The van der Waals surface area contributed by atoms with Crippen LogP contribution >= 0.6 is 0 Å². The number of hydrogen-bond donors (Lipinski definition) is 2. The Morgan fingerprint density at radius 1 is 0.905 bits per heavy atom. The number of halogens is 2. The fraction of sp³-hybridized carbons (Fsp3) is 0.318. The van der Waals surface area contributed by atoms with Crippen molar-refractivity contribution in [3.8, 4) is 16.9 Å². The maximum Gasteiger partial charge on any atom is 0.337 e. The summed E-state index contributed by atoms with van der Waals surface area (Å²) in [5.41, 5.74) is -0.924. The number of nitrogens with one attached hydrogen (secondary N) is 2. The summed E-state index contributed by atoms with van der Waals surface area (Å²) in [6.07, 6.45) is 14.3. The van der Waals surface area contributed by atoms with Crippen molar-refractivity contribution in [3.63, 3.8) is 0 Å². The Morgan fingerprint density at radius 3 is 2.35 bits per heavy atom. The molecule has 0 aliphatic heterocycles. The number of esters is 1. The van der Waals surface area contributed by atoms with Crippen molar-refractivity contribution in [2.45, 2.75) is 68.9 Å². The Kier molecular flexibility index (Phi) is 13.8. The van der Waals surface area contributed by atoms with Gasteiger partial charge in [0.1, 0.15) is 30.1 Å². The number of fused-ring (bicyclic) bond motifs is 1. The molecule has 6 aromatic rings. The lowest BCUT2D eigenvalue weighted by molar-refractivity contribution is -0.146. The van der Waals surface area contributed by atoms with Crippen LogP contribution in [0.4, 0.5) is 14.5 Å². The first kappa shape index (κ1) is 44.3. The van der Waals surface area contributed by atoms with Crippen LogP contribution in [0.3, 0.4) is 0 Å². The third-order valence-corrected chi connectivity index (χ3v) is 12.3. The Labute approximate surface area is 360 Å². The second-order valence-corrected chi connectivity index (χ2v) is 16.9. The SMILES string of the molecule is COCc1ncc(-c2ccc(S(=O)(=O)Nc3cc(F)c(C(=O)N[C@@H](Cc4ccc(-n5c(=O)c6ccncc6n(C)c5=O)nc4)C(=O)OCCCC4CCCCC4)cc3F)cc2)cn1. The maximum atomic E-state index is 15.6. The van der Waals surface area contributed by atoms with E-state index >= 15 is 8.78 Å². The van der Waals surface area contributed by atoms with E-state index in [1.165, 1.54) is 86.2 Å². The molecule has 1 atom stereocenters. The van der Waals surface area contributed by atoms with Gasteiger partial charge in [0, 0.05) is 57.0 Å². The summed E-state index contributed by atoms with van der Waals surface area (Å²) < 4.78 is 72.4. The van der Waals surface area contributed by atoms with Crippen molar-refractivity contribution >= 4 is 38.5 Å². The third kappa shape index (κ3) is 10.3. The van der Waals surface area contributed by atoms with Crippen LogP contribution in [0.2, 0.25) is 0 Å². The maximum absolute atomic E-state index is 15.6. The predicted molar refractivity (Wildman–Crippen MR) is 227 cm³/mol. The van der Waals surface area contributed by atoms with Gasteiger partial charge >= 0.3 is 11.7 Å². The van der Waals surface area contributed by atoms with E-state index in [-0.39, 0.29) is 35.7 Å². The summed E-state index contributed by atoms with van der Waals surface area (Å²) in [4.78, 5) is 70.0. The largest absolute Gasteiger partial charge is 0.464 e. The zero-order valence-electron chi connectivity index (χ0n) is 34.4. The number of sulfonamides is 1. The number of rotatable bonds is 16. The summed E-state index contributed by atoms with van der Waals surface area (Å²) in [5.74, 6) is -3.55. The molecule has 7 rings (SSSR count). The van der Waals surface area contributed by atoms with Gasteiger partial charge < -0.3 is 14.8 Å². The molecule has 4 heterocycles. The molecule has 1 aliphatic carbocycles. The number of anilines is 1. The molecule has 4 aromatic heterocycles. The highest BCUT2D eigenvalue weighted by Gasteiger charge is 2.27. The lowest BCUT2D eigenvalue weighted by Gasteiger charge is -2.22. The fourth-order valence-corrected chi connectivity index (χ4v) is 8.55. The smallest absolute Gasteiger partial charge is 0.337 e. The van der Waals surface area contributed by atoms with Crippen molar-refractivity contribution in [2.75, 3.05) is 18.4 Å². The normalized spacial score (nSPS) is 13.7. The number of carbonyl (C=O) groups excluding carboxylic acids is 2. The van der Waals surface area contributed by atoms with Crippen LogP contribution in [0.15, 0.2) is 100 Å². The second-order valence-electron chi connectivity index (χ2n) is 15.2. The molecule has 1 saturated carbocycles. The molecule has 2 aromatic carbocycles. The Morgan fingerprint density at radius 2 is 1.65 bits per heavy atom. The van der Waals surface area contributed by atoms with Gasteiger partial charge in [-0.05, 0) is 60.2 Å². The molecular weight excluding hydrogens is 839 g/mol. The Balaban J connectivity index is 1.07. The van der Waals surface area contributed by atoms with Crippen molar-refractivity contribution in [1.29, 1.82) is 0 Å². The fourth-order valence-electron chi connectivity index (χ4n) is 7.49. The first-order valence-corrected chi connectivity index (χ1v) is 21.7. The number of aryl methyl sites for hydroxylation is 1. The zero-order chi connectivity index (χ0) is 44.7. The van der Waals surface area contributed by atoms with E-state index < -0.39 is 62.1 Å². The number of ether oxygens (including phenoxy) is 2. The van der Waals surface area contributed by atoms with Crippen molar-refractivity contribution in [1.82, 2.24) is 34.4 Å². The quantitative estimate of drug-likeness (QED) is 0.0926. The number of methoxy groups -OCH3 is 1. The van der Waals surface area contributed by atoms with Gasteiger partial charge in [-0.2, -0.15) is 0 Å². The number of amides is 1. The number of hydrogen-bond acceptors (Lipinski definition) is 12. The average Bonchev–Trinajstić information content (AvgIpc) is 3.29. The Hall–Kier alpha value is -6.73. The van der Waals surface area contributed by atoms with Crippen LogP contribution in [-0.4, -0.2) is 69.1 Å². The van der Waals surface area contributed by atoms with Gasteiger partial charge in [-0.25, -0.2) is 46.3 Å². The van der Waals surface area contributed by atoms with E-state index in [9.17, 15) is 27.6 Å². The molecule has 1 fully saturated rings. The number of pyridine rings is 2. The molecule has 1 aliphatic rings. The number of benzene rings is 2. The zero-order valence-corrected chi connectivity index (χ0v) is 35.2. The van der Waals surface area contributed by atoms with E-state index in [0.717, 1.165) is 36.7 Å². The highest BCUT2D eigenvalue weighted by molar-refractivity contribution is 7.92. The highest BCUT2D eigenvalue weighted by Crippen LogP contribution is 2.28. The van der Waals surface area contributed by atoms with E-state index in [1.807, 2.05) is 4.72 Å². The predicted octanol–water partition coefficient (Wildman–Crippen LogP) is 5.41. The molecule has 0 saturated heterocycles. The molecule has 19 heteroatoms. The van der Waals surface area contributed by atoms with Crippen LogP contribution < -0.4 is 21.3 Å². The molecule has 16 nitrogen and oxygen atoms in total. The molecule has 63 heavy (non-hydrogen) atoms. The lowest BCUT2D eigenvalue weighted by atomic mass is 9.86. The van der Waals surface area contributed by atoms with Gasteiger partial charge in [-0.3, -0.25) is 23.9 Å². The minimum atomic E-state index is -4.43. The van der Waals surface area contributed by atoms with Crippen molar-refractivity contribution in [3.05, 3.63) is 135 Å². The summed E-state index contributed by atoms with van der Waals surface area (Å²) in [6.45, 7) is 0.290. The van der Waals surface area contributed by atoms with Gasteiger partial charge in [-0.1, -0.05) is 50.3 Å². The number of nitrogens with zero attached hydrogens (tertiary/aromatic N) is 6. The molecule has 0 spiro atoms. The van der Waals surface area contributed by atoms with Gasteiger partial charge in [0.15, 0.2) is 5.82 Å². The van der Waals surface area contributed by atoms with Gasteiger partial charge in [0.05, 0.1) is 39.9 Å². The van der Waals surface area contributed by atoms with E-state index in [0.29, 0.717) is 52.5 Å². The van der Waals surface area contributed by atoms with Crippen molar-refractivity contribution in [2.24, 2.45) is 13.0 Å². The summed E-state index contributed by atoms with van der Waals surface area (Å²) in [7, 11) is -1.43. The van der Waals surface area contributed by atoms with Gasteiger partial charge in [0.2, 0.25) is 0 Å². The minimum absolute atomic E-state index is 0.00133. The van der Waals surface area contributed by atoms with Crippen LogP contribution in [0.1, 0.15) is 66.7 Å². The summed E-state index contributed by atoms with van der Waals surface area (Å²) >= 11 is 0. The van der Waals surface area contributed by atoms with E-state index in [1.54, 1.807) is 12.4 Å². The third-order valence-electron chi connectivity index (χ3n) is 10.9. The molecule has 2 N–H and O–H groups in total. The Bertz CT molecular complexity index is 2850. The van der Waals surface area contributed by atoms with E-state index in [2.05, 4.69) is 25.3 Å². The van der Waals surface area contributed by atoms with Gasteiger partial charge in [-0.15, -0.1) is 0 Å². The van der Waals surface area contributed by atoms with Gasteiger partial charge in [0.25, 0.3) is 21.5 Å². The topological polar surface area (TPSA) is 206 Å². The summed E-state index contributed by atoms with van der Waals surface area (Å²) in [5, 5.41) is 2.68. The lowest BCUT2D eigenvalue weighted by Crippen LogP contribution is -2.44. The first-order valence-electron chi connectivity index (χ1n) is 20.2. The highest BCUT2D eigenvalue weighted by atomic mass is 32.2. The molecule has 1 amide bonds. The van der Waals surface area contributed by atoms with E-state index in [4.69, 9.17) is 9.47 Å². The van der Waals surface area contributed by atoms with Crippen LogP contribution in [0.5, 0.6) is 0 Å². The first-order chi connectivity index (χ1) is 30.3. The molecule has 0 unspecified atom stereocenters. The van der Waals surface area contributed by atoms with Crippen LogP contribution in [0.25, 0.3) is 27.8 Å². The summed E-state index contributed by atoms with van der Waals surface area (Å²) in [6, 6.07) is 9.59. The molecule has 0 bridgehead atoms. The second kappa shape index (κ2) is 19.5. The standard InChI is InChI=1S/C44H44F2N8O8S/c1-53-38-25-47-17-16-32(38)42(56)54(44(53)58)40-15-10-28(22-50-40)19-37(43(57)62-18-6-9-27-7-4-3-5-8-27)51-41(55)33-20-35(46)36(21-34(33)45)52-63(59,60)31-13-11-29(12-14-31)30-23-48-39(26-61-2)49-24-30/h10-17,20-25,27,37,52H,3-9,18-19,26H2,1-2H3,(H,51,55)/t37-/m0/s1. The molecule has 328 valence electrons. The molecule has 0 radical (unpaired) electrons. The number of aromatic nitrogens is 6. The monoisotopic (exact) mass is 882 g/mol. The average molecular weight is 883 g/mol. The van der Waals surface area contributed by atoms with Crippen LogP contribution in [-0.2, 0) is 44.4 Å². The molecular formula is C44H44F2N8O8S. The van der Waals surface area contributed by atoms with Crippen LogP contribution in [0, 0.1) is 17.6 Å². The van der Waals surface area contributed by atoms with Crippen molar-refractivity contribution < 1.29 is 36.3 Å². The number of carbonyl (C=O) groups is 2. The minimum Gasteiger partial charge on any atom is -0.464 e.